The van der Waals surface area contributed by atoms with Gasteiger partial charge in [-0.3, -0.25) is 4.57 Å². The highest BCUT2D eigenvalue weighted by atomic mass is 15.2. The van der Waals surface area contributed by atoms with E-state index in [1.807, 2.05) is 60.7 Å². The SMILES string of the molecule is c1ccc(-c2nc(-c3ccccc3)nc(-n3c4ccccc4c4cc(-c5ccc(-c6ccc7c(c6)c6ccccc6n7-c6ccc7c8ccccc8c8c9ccccc9ccc8c7c6)cc5)ccc43)n2)cc1. The Kier molecular flexibility index (Phi) is 8.89. The molecule has 15 rings (SSSR count). The lowest BCUT2D eigenvalue weighted by Crippen LogP contribution is -2.06. The Bertz CT molecular complexity index is 4610. The van der Waals surface area contributed by atoms with Crippen LogP contribution in [-0.2, 0) is 0 Å². The predicted molar refractivity (Wildman–Crippen MR) is 300 cm³/mol. The molecule has 5 nitrogen and oxygen atoms in total. The average molecular weight is 916 g/mol. The van der Waals surface area contributed by atoms with Gasteiger partial charge in [-0.1, -0.05) is 200 Å². The Morgan fingerprint density at radius 1 is 0.236 bits per heavy atom. The van der Waals surface area contributed by atoms with Gasteiger partial charge in [-0.2, -0.15) is 9.97 Å². The van der Waals surface area contributed by atoms with Crippen LogP contribution in [0.1, 0.15) is 0 Å². The van der Waals surface area contributed by atoms with E-state index < -0.39 is 0 Å². The van der Waals surface area contributed by atoms with E-state index >= 15 is 0 Å². The van der Waals surface area contributed by atoms with Crippen molar-refractivity contribution in [3.05, 3.63) is 249 Å². The van der Waals surface area contributed by atoms with Crippen LogP contribution in [0.3, 0.4) is 0 Å². The van der Waals surface area contributed by atoms with Crippen molar-refractivity contribution in [1.82, 2.24) is 24.1 Å². The third-order valence-electron chi connectivity index (χ3n) is 14.8. The quantitative estimate of drug-likeness (QED) is 0.156. The summed E-state index contributed by atoms with van der Waals surface area (Å²) >= 11 is 0. The van der Waals surface area contributed by atoms with Crippen molar-refractivity contribution in [3.8, 4) is 56.7 Å². The standard InChI is InChI=1S/C67H41N5/c1-3-16-45(17-4-1)65-68-66(46-18-5-2-6-19-46)70-67(69-65)72-61-26-14-12-23-54(61)59-40-48(33-38-63(59)72)43-29-27-42(28-30-43)47-32-37-62-58(39-47)53-22-11-13-25-60(53)71(62)49-34-36-52-51-21-9-10-24-55(51)64-50-20-8-7-15-44(50)31-35-56(64)57(52)41-49/h1-41H. The Hall–Kier alpha value is -9.71. The van der Waals surface area contributed by atoms with Gasteiger partial charge >= 0.3 is 0 Å². The van der Waals surface area contributed by atoms with E-state index in [2.05, 4.69) is 197 Å². The normalized spacial score (nSPS) is 11.9. The van der Waals surface area contributed by atoms with E-state index in [1.165, 1.54) is 76.0 Å². The van der Waals surface area contributed by atoms with Crippen molar-refractivity contribution < 1.29 is 0 Å². The van der Waals surface area contributed by atoms with Crippen molar-refractivity contribution >= 4 is 86.7 Å². The van der Waals surface area contributed by atoms with Gasteiger partial charge in [-0.15, -0.1) is 0 Å². The van der Waals surface area contributed by atoms with E-state index in [0.29, 0.717) is 17.6 Å². The van der Waals surface area contributed by atoms with Crippen LogP contribution >= 0.6 is 0 Å². The summed E-state index contributed by atoms with van der Waals surface area (Å²) in [5.74, 6) is 1.85. The second-order valence-corrected chi connectivity index (χ2v) is 18.7. The minimum Gasteiger partial charge on any atom is -0.309 e. The van der Waals surface area contributed by atoms with Crippen LogP contribution in [0.2, 0.25) is 0 Å². The molecule has 0 saturated heterocycles. The zero-order valence-corrected chi connectivity index (χ0v) is 38.9. The van der Waals surface area contributed by atoms with Crippen molar-refractivity contribution in [2.24, 2.45) is 0 Å². The third kappa shape index (κ3) is 6.24. The number of nitrogens with zero attached hydrogens (tertiary/aromatic N) is 5. The van der Waals surface area contributed by atoms with E-state index in [9.17, 15) is 0 Å². The minimum absolute atomic E-state index is 0.583. The lowest BCUT2D eigenvalue weighted by atomic mass is 9.91. The second kappa shape index (κ2) is 15.9. The van der Waals surface area contributed by atoms with E-state index in [1.54, 1.807) is 0 Å². The molecule has 0 aliphatic heterocycles. The number of benzene rings is 12. The molecule has 0 bridgehead atoms. The molecular formula is C67H41N5. The molecule has 334 valence electrons. The van der Waals surface area contributed by atoms with E-state index in [4.69, 9.17) is 15.0 Å². The molecule has 3 heterocycles. The molecule has 0 amide bonds. The lowest BCUT2D eigenvalue weighted by Gasteiger charge is -2.15. The van der Waals surface area contributed by atoms with Gasteiger partial charge < -0.3 is 4.57 Å². The fraction of sp³-hybridized carbons (Fsp3) is 0. The largest absolute Gasteiger partial charge is 0.309 e. The molecule has 0 aliphatic rings. The van der Waals surface area contributed by atoms with Crippen LogP contribution < -0.4 is 0 Å². The van der Waals surface area contributed by atoms with Crippen LogP contribution in [0.4, 0.5) is 0 Å². The zero-order valence-electron chi connectivity index (χ0n) is 38.9. The van der Waals surface area contributed by atoms with Crippen molar-refractivity contribution in [2.45, 2.75) is 0 Å². The third-order valence-corrected chi connectivity index (χ3v) is 14.8. The topological polar surface area (TPSA) is 48.5 Å². The molecule has 0 atom stereocenters. The summed E-state index contributed by atoms with van der Waals surface area (Å²) in [5, 5.41) is 15.0. The molecule has 0 aliphatic carbocycles. The molecule has 15 aromatic rings. The molecule has 3 aromatic heterocycles. The van der Waals surface area contributed by atoms with E-state index in [0.717, 1.165) is 49.7 Å². The summed E-state index contributed by atoms with van der Waals surface area (Å²) in [5.41, 5.74) is 12.1. The van der Waals surface area contributed by atoms with Gasteiger partial charge in [0.2, 0.25) is 5.95 Å². The number of fused-ring (bicyclic) bond motifs is 14. The van der Waals surface area contributed by atoms with Crippen LogP contribution in [0.25, 0.3) is 143 Å². The Labute approximate surface area is 414 Å². The van der Waals surface area contributed by atoms with Gasteiger partial charge in [0.25, 0.3) is 0 Å². The molecule has 0 radical (unpaired) electrons. The van der Waals surface area contributed by atoms with Crippen molar-refractivity contribution in [2.75, 3.05) is 0 Å². The first-order valence-corrected chi connectivity index (χ1v) is 24.5. The Morgan fingerprint density at radius 3 is 1.31 bits per heavy atom. The van der Waals surface area contributed by atoms with Gasteiger partial charge in [0.05, 0.1) is 22.1 Å². The molecule has 0 spiro atoms. The van der Waals surface area contributed by atoms with Gasteiger partial charge in [0.15, 0.2) is 11.6 Å². The van der Waals surface area contributed by atoms with Crippen LogP contribution in [0.15, 0.2) is 249 Å². The highest BCUT2D eigenvalue weighted by molar-refractivity contribution is 6.31. The Balaban J connectivity index is 0.816. The fourth-order valence-corrected chi connectivity index (χ4v) is 11.4. The van der Waals surface area contributed by atoms with Gasteiger partial charge in [0, 0.05) is 38.4 Å². The highest BCUT2D eigenvalue weighted by Gasteiger charge is 2.20. The number of hydrogen-bond acceptors (Lipinski definition) is 3. The molecule has 72 heavy (non-hydrogen) atoms. The van der Waals surface area contributed by atoms with E-state index in [-0.39, 0.29) is 0 Å². The maximum absolute atomic E-state index is 5.12. The second-order valence-electron chi connectivity index (χ2n) is 18.7. The summed E-state index contributed by atoms with van der Waals surface area (Å²) in [4.78, 5) is 15.2. The van der Waals surface area contributed by atoms with Gasteiger partial charge in [-0.05, 0) is 114 Å². The number of rotatable bonds is 6. The van der Waals surface area contributed by atoms with Crippen LogP contribution in [0, 0.1) is 0 Å². The van der Waals surface area contributed by atoms with Crippen molar-refractivity contribution in [1.29, 1.82) is 0 Å². The first kappa shape index (κ1) is 40.2. The zero-order chi connectivity index (χ0) is 47.3. The van der Waals surface area contributed by atoms with Gasteiger partial charge in [0.1, 0.15) is 0 Å². The van der Waals surface area contributed by atoms with Crippen LogP contribution in [0.5, 0.6) is 0 Å². The number of para-hydroxylation sites is 2. The molecule has 0 N–H and O–H groups in total. The minimum atomic E-state index is 0.583. The first-order chi connectivity index (χ1) is 35.7. The number of hydrogen-bond donors (Lipinski definition) is 0. The summed E-state index contributed by atoms with van der Waals surface area (Å²) in [7, 11) is 0. The fourth-order valence-electron chi connectivity index (χ4n) is 11.4. The average Bonchev–Trinajstić information content (AvgIpc) is 3.97. The molecular weight excluding hydrogens is 875 g/mol. The molecule has 0 unspecified atom stereocenters. The lowest BCUT2D eigenvalue weighted by molar-refractivity contribution is 0.953. The smallest absolute Gasteiger partial charge is 0.238 e. The van der Waals surface area contributed by atoms with Crippen molar-refractivity contribution in [3.63, 3.8) is 0 Å². The highest BCUT2D eigenvalue weighted by Crippen LogP contribution is 2.42. The van der Waals surface area contributed by atoms with Gasteiger partial charge in [-0.25, -0.2) is 4.98 Å². The summed E-state index contributed by atoms with van der Waals surface area (Å²) in [6.45, 7) is 0. The summed E-state index contributed by atoms with van der Waals surface area (Å²) < 4.78 is 4.62. The molecule has 5 heteroatoms. The summed E-state index contributed by atoms with van der Waals surface area (Å²) in [6, 6.07) is 89.6. The predicted octanol–water partition coefficient (Wildman–Crippen LogP) is 17.3. The molecule has 0 fully saturated rings. The maximum atomic E-state index is 5.12. The number of aromatic nitrogens is 5. The Morgan fingerprint density at radius 2 is 0.681 bits per heavy atom. The summed E-state index contributed by atoms with van der Waals surface area (Å²) in [6.07, 6.45) is 0. The monoisotopic (exact) mass is 915 g/mol. The van der Waals surface area contributed by atoms with Crippen LogP contribution in [-0.4, -0.2) is 24.1 Å². The maximum Gasteiger partial charge on any atom is 0.238 e. The first-order valence-electron chi connectivity index (χ1n) is 24.5. The molecule has 12 aromatic carbocycles. The molecule has 0 saturated carbocycles.